The van der Waals surface area contributed by atoms with Crippen LogP contribution in [-0.2, 0) is 6.54 Å². The Hall–Kier alpha value is -3.18. The maximum absolute atomic E-state index is 12.7. The summed E-state index contributed by atoms with van der Waals surface area (Å²) in [6, 6.07) is 15.7. The minimum absolute atomic E-state index is 0.203. The van der Waals surface area contributed by atoms with Crippen molar-refractivity contribution in [1.82, 2.24) is 10.3 Å². The lowest BCUT2D eigenvalue weighted by atomic mass is 10.1. The molecule has 4 rings (SSSR count). The summed E-state index contributed by atoms with van der Waals surface area (Å²) < 4.78 is 5.73. The summed E-state index contributed by atoms with van der Waals surface area (Å²) in [6.45, 7) is 2.06. The fourth-order valence-electron chi connectivity index (χ4n) is 2.93. The lowest BCUT2D eigenvalue weighted by molar-refractivity contribution is 0.0950. The number of hydrogen-bond donors (Lipinski definition) is 1. The highest BCUT2D eigenvalue weighted by Crippen LogP contribution is 2.19. The second-order valence-electron chi connectivity index (χ2n) is 6.21. The third kappa shape index (κ3) is 3.29. The van der Waals surface area contributed by atoms with Gasteiger partial charge in [0.25, 0.3) is 5.91 Å². The minimum atomic E-state index is -0.301. The summed E-state index contributed by atoms with van der Waals surface area (Å²) in [4.78, 5) is 29.7. The second-order valence-corrected chi connectivity index (χ2v) is 6.65. The van der Waals surface area contributed by atoms with E-state index in [1.54, 1.807) is 49.4 Å². The van der Waals surface area contributed by atoms with Gasteiger partial charge in [-0.15, -0.1) is 0 Å². The van der Waals surface area contributed by atoms with Crippen LogP contribution in [0.1, 0.15) is 21.6 Å². The van der Waals surface area contributed by atoms with Crippen molar-refractivity contribution < 1.29 is 9.21 Å². The van der Waals surface area contributed by atoms with Crippen LogP contribution in [0.2, 0.25) is 5.02 Å². The van der Waals surface area contributed by atoms with E-state index in [4.69, 9.17) is 16.0 Å². The van der Waals surface area contributed by atoms with Crippen LogP contribution in [0, 0.1) is 6.92 Å². The monoisotopic (exact) mass is 378 g/mol. The smallest absolute Gasteiger partial charge is 0.253 e. The number of carbonyl (C=O) groups excluding carboxylic acids is 1. The number of benzene rings is 2. The van der Waals surface area contributed by atoms with E-state index in [9.17, 15) is 9.59 Å². The number of hydrogen-bond acceptors (Lipinski definition) is 4. The molecule has 0 spiro atoms. The average Bonchev–Trinajstić information content (AvgIpc) is 2.67. The zero-order chi connectivity index (χ0) is 19.0. The Morgan fingerprint density at radius 2 is 1.85 bits per heavy atom. The van der Waals surface area contributed by atoms with Gasteiger partial charge in [0.05, 0.1) is 22.0 Å². The lowest BCUT2D eigenvalue weighted by Crippen LogP contribution is -2.24. The molecule has 0 atom stereocenters. The first-order chi connectivity index (χ1) is 13.0. The van der Waals surface area contributed by atoms with Crippen molar-refractivity contribution in [2.45, 2.75) is 13.5 Å². The van der Waals surface area contributed by atoms with Crippen molar-refractivity contribution in [2.24, 2.45) is 0 Å². The van der Waals surface area contributed by atoms with E-state index < -0.39 is 0 Å². The Bertz CT molecular complexity index is 1230. The molecule has 0 aliphatic rings. The van der Waals surface area contributed by atoms with E-state index in [0.717, 1.165) is 5.56 Å². The van der Waals surface area contributed by atoms with Gasteiger partial charge in [0, 0.05) is 11.6 Å². The van der Waals surface area contributed by atoms with Crippen LogP contribution in [-0.4, -0.2) is 10.9 Å². The van der Waals surface area contributed by atoms with Crippen LogP contribution < -0.4 is 10.7 Å². The summed E-state index contributed by atoms with van der Waals surface area (Å²) in [5.74, 6) is -0.301. The summed E-state index contributed by atoms with van der Waals surface area (Å²) >= 11 is 5.87. The molecule has 0 unspecified atom stereocenters. The summed E-state index contributed by atoms with van der Waals surface area (Å²) in [6.07, 6.45) is 0. The summed E-state index contributed by atoms with van der Waals surface area (Å²) in [7, 11) is 0. The van der Waals surface area contributed by atoms with E-state index in [-0.39, 0.29) is 22.4 Å². The average molecular weight is 379 g/mol. The first-order valence-corrected chi connectivity index (χ1v) is 8.76. The Kier molecular flexibility index (Phi) is 4.38. The van der Waals surface area contributed by atoms with Crippen molar-refractivity contribution in [1.29, 1.82) is 0 Å². The number of amides is 1. The topological polar surface area (TPSA) is 72.2 Å². The summed E-state index contributed by atoms with van der Waals surface area (Å²) in [5.41, 5.74) is 2.26. The van der Waals surface area contributed by atoms with Gasteiger partial charge >= 0.3 is 0 Å². The third-order valence-corrected chi connectivity index (χ3v) is 4.62. The molecule has 0 aliphatic heterocycles. The molecule has 2 heterocycles. The molecule has 5 nitrogen and oxygen atoms in total. The molecule has 4 aromatic rings. The number of nitrogens with zero attached hydrogens (tertiary/aromatic N) is 1. The molecule has 2 aromatic heterocycles. The predicted octanol–water partition coefficient (Wildman–Crippen LogP) is 4.23. The zero-order valence-corrected chi connectivity index (χ0v) is 15.2. The van der Waals surface area contributed by atoms with Crippen LogP contribution in [0.15, 0.2) is 63.8 Å². The lowest BCUT2D eigenvalue weighted by Gasteiger charge is -2.09. The number of aryl methyl sites for hydroxylation is 1. The molecule has 0 fully saturated rings. The van der Waals surface area contributed by atoms with Crippen molar-refractivity contribution in [3.63, 3.8) is 0 Å². The van der Waals surface area contributed by atoms with Gasteiger partial charge in [-0.3, -0.25) is 9.59 Å². The Morgan fingerprint density at radius 3 is 2.63 bits per heavy atom. The molecular weight excluding hydrogens is 364 g/mol. The number of para-hydroxylation sites is 1. The largest absolute Gasteiger partial charge is 0.437 e. The van der Waals surface area contributed by atoms with E-state index in [2.05, 4.69) is 10.3 Å². The molecule has 1 amide bonds. The van der Waals surface area contributed by atoms with Gasteiger partial charge in [-0.05, 0) is 42.8 Å². The highest BCUT2D eigenvalue weighted by Gasteiger charge is 2.16. The quantitative estimate of drug-likeness (QED) is 0.541. The SMILES string of the molecule is Cc1nc2oc3ccccc3c(=O)c2cc1C(=O)NCc1ccc(Cl)cc1. The molecule has 0 bridgehead atoms. The Morgan fingerprint density at radius 1 is 1.11 bits per heavy atom. The van der Waals surface area contributed by atoms with E-state index in [1.165, 1.54) is 0 Å². The maximum atomic E-state index is 12.7. The number of fused-ring (bicyclic) bond motifs is 2. The van der Waals surface area contributed by atoms with Crippen LogP contribution in [0.25, 0.3) is 22.1 Å². The number of pyridine rings is 1. The molecule has 1 N–H and O–H groups in total. The van der Waals surface area contributed by atoms with Crippen molar-refractivity contribution in [2.75, 3.05) is 0 Å². The standard InChI is InChI=1S/C21H15ClN2O3/c1-12-16(20(26)23-11-13-6-8-14(22)9-7-13)10-17-19(25)15-4-2-3-5-18(15)27-21(17)24-12/h2-10H,11H2,1H3,(H,23,26). The molecular formula is C21H15ClN2O3. The zero-order valence-electron chi connectivity index (χ0n) is 14.5. The first-order valence-electron chi connectivity index (χ1n) is 8.39. The van der Waals surface area contributed by atoms with Crippen molar-refractivity contribution in [3.05, 3.63) is 86.7 Å². The number of halogens is 1. The van der Waals surface area contributed by atoms with Crippen LogP contribution in [0.4, 0.5) is 0 Å². The molecule has 6 heteroatoms. The molecule has 0 radical (unpaired) electrons. The van der Waals surface area contributed by atoms with Gasteiger partial charge in [-0.2, -0.15) is 0 Å². The highest BCUT2D eigenvalue weighted by atomic mass is 35.5. The fraction of sp³-hybridized carbons (Fsp3) is 0.0952. The van der Waals surface area contributed by atoms with Crippen LogP contribution in [0.5, 0.6) is 0 Å². The van der Waals surface area contributed by atoms with Gasteiger partial charge in [-0.1, -0.05) is 35.9 Å². The normalized spacial score (nSPS) is 11.0. The minimum Gasteiger partial charge on any atom is -0.437 e. The third-order valence-electron chi connectivity index (χ3n) is 4.37. The van der Waals surface area contributed by atoms with E-state index in [0.29, 0.717) is 33.8 Å². The number of carbonyl (C=O) groups is 1. The summed E-state index contributed by atoms with van der Waals surface area (Å²) in [5, 5.41) is 4.23. The molecule has 0 saturated heterocycles. The van der Waals surface area contributed by atoms with E-state index >= 15 is 0 Å². The number of nitrogens with one attached hydrogen (secondary N) is 1. The van der Waals surface area contributed by atoms with Crippen molar-refractivity contribution in [3.8, 4) is 0 Å². The molecule has 0 saturated carbocycles. The first kappa shape index (κ1) is 17.2. The second kappa shape index (κ2) is 6.85. The Labute approximate surface area is 159 Å². The van der Waals surface area contributed by atoms with Gasteiger partial charge in [0.2, 0.25) is 11.1 Å². The van der Waals surface area contributed by atoms with Crippen LogP contribution >= 0.6 is 11.6 Å². The number of rotatable bonds is 3. The van der Waals surface area contributed by atoms with E-state index in [1.807, 2.05) is 12.1 Å². The molecule has 134 valence electrons. The number of aromatic nitrogens is 1. The molecule has 2 aromatic carbocycles. The predicted molar refractivity (Wildman–Crippen MR) is 105 cm³/mol. The molecule has 0 aliphatic carbocycles. The highest BCUT2D eigenvalue weighted by molar-refractivity contribution is 6.30. The van der Waals surface area contributed by atoms with Crippen molar-refractivity contribution >= 4 is 39.6 Å². The van der Waals surface area contributed by atoms with Gasteiger partial charge < -0.3 is 9.73 Å². The fourth-order valence-corrected chi connectivity index (χ4v) is 3.05. The Balaban J connectivity index is 1.70. The molecule has 27 heavy (non-hydrogen) atoms. The van der Waals surface area contributed by atoms with Crippen LogP contribution in [0.3, 0.4) is 0 Å². The van der Waals surface area contributed by atoms with Gasteiger partial charge in [0.15, 0.2) is 0 Å². The maximum Gasteiger partial charge on any atom is 0.253 e. The van der Waals surface area contributed by atoms with Gasteiger partial charge in [0.1, 0.15) is 5.58 Å². The van der Waals surface area contributed by atoms with Gasteiger partial charge in [-0.25, -0.2) is 4.98 Å².